The summed E-state index contributed by atoms with van der Waals surface area (Å²) in [6, 6.07) is 0. The summed E-state index contributed by atoms with van der Waals surface area (Å²) in [6.45, 7) is 2.56. The van der Waals surface area contributed by atoms with Crippen LogP contribution in [-0.4, -0.2) is 16.7 Å². The first-order valence-electron chi connectivity index (χ1n) is 4.72. The van der Waals surface area contributed by atoms with Crippen molar-refractivity contribution in [1.82, 2.24) is 4.98 Å². The standard InChI is InChI=1S/C10H15NOS/c1-8-2-10(3-8,6-12)4-9-5-13-7-11-9/h5,7-8,12H,2-4,6H2,1H3. The van der Waals surface area contributed by atoms with Crippen molar-refractivity contribution in [2.45, 2.75) is 26.2 Å². The molecule has 2 rings (SSSR count). The van der Waals surface area contributed by atoms with Crippen molar-refractivity contribution in [3.05, 3.63) is 16.6 Å². The average Bonchev–Trinajstić information content (AvgIpc) is 2.53. The van der Waals surface area contributed by atoms with E-state index in [2.05, 4.69) is 17.3 Å². The van der Waals surface area contributed by atoms with E-state index in [9.17, 15) is 5.11 Å². The monoisotopic (exact) mass is 197 g/mol. The zero-order valence-corrected chi connectivity index (χ0v) is 8.68. The van der Waals surface area contributed by atoms with Crippen LogP contribution in [0.1, 0.15) is 25.5 Å². The van der Waals surface area contributed by atoms with Crippen molar-refractivity contribution in [3.8, 4) is 0 Å². The third-order valence-corrected chi connectivity index (χ3v) is 3.57. The van der Waals surface area contributed by atoms with Crippen molar-refractivity contribution in [2.75, 3.05) is 6.61 Å². The normalized spacial score (nSPS) is 32.9. The highest BCUT2D eigenvalue weighted by atomic mass is 32.1. The molecule has 1 saturated carbocycles. The van der Waals surface area contributed by atoms with Gasteiger partial charge in [0.15, 0.2) is 0 Å². The summed E-state index contributed by atoms with van der Waals surface area (Å²) in [5.74, 6) is 0.783. The maximum absolute atomic E-state index is 9.33. The molecule has 1 aromatic rings. The lowest BCUT2D eigenvalue weighted by molar-refractivity contribution is 0.00187. The van der Waals surface area contributed by atoms with Crippen molar-refractivity contribution < 1.29 is 5.11 Å². The maximum Gasteiger partial charge on any atom is 0.0794 e. The second kappa shape index (κ2) is 3.39. The fourth-order valence-electron chi connectivity index (χ4n) is 2.46. The van der Waals surface area contributed by atoms with Crippen LogP contribution < -0.4 is 0 Å². The minimum atomic E-state index is 0.160. The molecule has 0 atom stereocenters. The molecule has 3 heteroatoms. The van der Waals surface area contributed by atoms with E-state index >= 15 is 0 Å². The summed E-state index contributed by atoms with van der Waals surface area (Å²) in [5, 5.41) is 11.4. The van der Waals surface area contributed by atoms with Crippen LogP contribution >= 0.6 is 11.3 Å². The summed E-state index contributed by atoms with van der Waals surface area (Å²) < 4.78 is 0. The Hall–Kier alpha value is -0.410. The number of aromatic nitrogens is 1. The summed E-state index contributed by atoms with van der Waals surface area (Å²) in [4.78, 5) is 4.26. The Labute approximate surface area is 82.6 Å². The second-order valence-electron chi connectivity index (χ2n) is 4.33. The molecule has 1 aliphatic rings. The zero-order valence-electron chi connectivity index (χ0n) is 7.86. The Kier molecular flexibility index (Phi) is 2.39. The Balaban J connectivity index is 2.00. The van der Waals surface area contributed by atoms with E-state index in [1.54, 1.807) is 11.3 Å². The van der Waals surface area contributed by atoms with Crippen LogP contribution in [0.4, 0.5) is 0 Å². The lowest BCUT2D eigenvalue weighted by Gasteiger charge is -2.45. The van der Waals surface area contributed by atoms with E-state index in [4.69, 9.17) is 0 Å². The molecule has 0 radical (unpaired) electrons. The molecular weight excluding hydrogens is 182 g/mol. The molecule has 0 aromatic carbocycles. The zero-order chi connectivity index (χ0) is 9.31. The molecule has 0 saturated heterocycles. The molecule has 0 spiro atoms. The van der Waals surface area contributed by atoms with Crippen LogP contribution in [0.15, 0.2) is 10.9 Å². The van der Waals surface area contributed by atoms with E-state index in [0.717, 1.165) is 30.9 Å². The Morgan fingerprint density at radius 3 is 2.92 bits per heavy atom. The second-order valence-corrected chi connectivity index (χ2v) is 5.05. The molecule has 1 aliphatic carbocycles. The maximum atomic E-state index is 9.33. The summed E-state index contributed by atoms with van der Waals surface area (Å²) in [6.07, 6.45) is 3.26. The topological polar surface area (TPSA) is 33.1 Å². The molecule has 0 aliphatic heterocycles. The van der Waals surface area contributed by atoms with E-state index < -0.39 is 0 Å². The summed E-state index contributed by atoms with van der Waals surface area (Å²) in [5.41, 5.74) is 3.17. The van der Waals surface area contributed by atoms with Gasteiger partial charge in [-0.2, -0.15) is 0 Å². The number of aliphatic hydroxyl groups excluding tert-OH is 1. The van der Waals surface area contributed by atoms with Crippen LogP contribution in [0, 0.1) is 11.3 Å². The Morgan fingerprint density at radius 2 is 2.46 bits per heavy atom. The van der Waals surface area contributed by atoms with Crippen LogP contribution in [0.5, 0.6) is 0 Å². The minimum Gasteiger partial charge on any atom is -0.396 e. The van der Waals surface area contributed by atoms with Crippen LogP contribution in [-0.2, 0) is 6.42 Å². The van der Waals surface area contributed by atoms with Gasteiger partial charge in [0.25, 0.3) is 0 Å². The predicted molar refractivity (Wildman–Crippen MR) is 53.7 cm³/mol. The van der Waals surface area contributed by atoms with Gasteiger partial charge in [0.05, 0.1) is 11.2 Å². The van der Waals surface area contributed by atoms with Gasteiger partial charge in [-0.05, 0) is 30.6 Å². The molecule has 1 N–H and O–H groups in total. The first kappa shape index (κ1) is 9.16. The number of hydrogen-bond acceptors (Lipinski definition) is 3. The third kappa shape index (κ3) is 1.76. The van der Waals surface area contributed by atoms with E-state index in [0.29, 0.717) is 6.61 Å². The Bertz CT molecular complexity index is 264. The number of rotatable bonds is 3. The van der Waals surface area contributed by atoms with Gasteiger partial charge in [0.2, 0.25) is 0 Å². The van der Waals surface area contributed by atoms with Gasteiger partial charge >= 0.3 is 0 Å². The predicted octanol–water partition coefficient (Wildman–Crippen LogP) is 2.09. The molecule has 0 unspecified atom stereocenters. The smallest absolute Gasteiger partial charge is 0.0794 e. The van der Waals surface area contributed by atoms with Gasteiger partial charge in [-0.15, -0.1) is 11.3 Å². The number of aliphatic hydroxyl groups is 1. The quantitative estimate of drug-likeness (QED) is 0.805. The third-order valence-electron chi connectivity index (χ3n) is 2.94. The van der Waals surface area contributed by atoms with Crippen LogP contribution in [0.3, 0.4) is 0 Å². The molecule has 72 valence electrons. The fourth-order valence-corrected chi connectivity index (χ4v) is 3.02. The number of hydrogen-bond donors (Lipinski definition) is 1. The molecule has 0 bridgehead atoms. The molecule has 1 aromatic heterocycles. The van der Waals surface area contributed by atoms with Crippen LogP contribution in [0.2, 0.25) is 0 Å². The average molecular weight is 197 g/mol. The van der Waals surface area contributed by atoms with Gasteiger partial charge in [0.1, 0.15) is 0 Å². The fraction of sp³-hybridized carbons (Fsp3) is 0.700. The van der Waals surface area contributed by atoms with E-state index in [1.807, 2.05) is 5.51 Å². The first-order valence-corrected chi connectivity index (χ1v) is 5.66. The van der Waals surface area contributed by atoms with Crippen molar-refractivity contribution in [2.24, 2.45) is 11.3 Å². The number of nitrogens with zero attached hydrogens (tertiary/aromatic N) is 1. The van der Waals surface area contributed by atoms with Crippen molar-refractivity contribution >= 4 is 11.3 Å². The molecule has 0 amide bonds. The Morgan fingerprint density at radius 1 is 1.69 bits per heavy atom. The highest BCUT2D eigenvalue weighted by Gasteiger charge is 2.41. The highest BCUT2D eigenvalue weighted by Crippen LogP contribution is 2.47. The van der Waals surface area contributed by atoms with Gasteiger partial charge in [-0.1, -0.05) is 6.92 Å². The molecule has 1 heterocycles. The van der Waals surface area contributed by atoms with Gasteiger partial charge < -0.3 is 5.11 Å². The van der Waals surface area contributed by atoms with Gasteiger partial charge in [-0.3, -0.25) is 0 Å². The molecule has 1 fully saturated rings. The van der Waals surface area contributed by atoms with E-state index in [-0.39, 0.29) is 5.41 Å². The molecule has 2 nitrogen and oxygen atoms in total. The lowest BCUT2D eigenvalue weighted by Crippen LogP contribution is -2.41. The van der Waals surface area contributed by atoms with E-state index in [1.165, 1.54) is 0 Å². The van der Waals surface area contributed by atoms with Crippen molar-refractivity contribution in [1.29, 1.82) is 0 Å². The van der Waals surface area contributed by atoms with Gasteiger partial charge in [0, 0.05) is 12.0 Å². The minimum absolute atomic E-state index is 0.160. The molecule has 13 heavy (non-hydrogen) atoms. The summed E-state index contributed by atoms with van der Waals surface area (Å²) in [7, 11) is 0. The SMILES string of the molecule is CC1CC(CO)(Cc2cscn2)C1. The summed E-state index contributed by atoms with van der Waals surface area (Å²) >= 11 is 1.63. The molecular formula is C10H15NOS. The van der Waals surface area contributed by atoms with Crippen molar-refractivity contribution in [3.63, 3.8) is 0 Å². The van der Waals surface area contributed by atoms with Crippen LogP contribution in [0.25, 0.3) is 0 Å². The lowest BCUT2D eigenvalue weighted by atomic mass is 9.61. The highest BCUT2D eigenvalue weighted by molar-refractivity contribution is 7.07. The first-order chi connectivity index (χ1) is 6.24. The van der Waals surface area contributed by atoms with Gasteiger partial charge in [-0.25, -0.2) is 4.98 Å². The number of thiazole rings is 1. The largest absolute Gasteiger partial charge is 0.396 e.